The van der Waals surface area contributed by atoms with Crippen molar-refractivity contribution < 1.29 is 4.79 Å². The van der Waals surface area contributed by atoms with Crippen molar-refractivity contribution in [3.63, 3.8) is 0 Å². The minimum Gasteiger partial charge on any atom is -0.387 e. The highest BCUT2D eigenvalue weighted by Gasteiger charge is 2.51. The highest BCUT2D eigenvalue weighted by Crippen LogP contribution is 2.55. The van der Waals surface area contributed by atoms with Crippen LogP contribution in [0.4, 0.5) is 4.79 Å². The molecule has 0 saturated heterocycles. The molecule has 0 radical (unpaired) electrons. The fourth-order valence-electron chi connectivity index (χ4n) is 4.95. The van der Waals surface area contributed by atoms with Crippen molar-refractivity contribution in [2.24, 2.45) is 28.9 Å². The van der Waals surface area contributed by atoms with Crippen LogP contribution >= 0.6 is 0 Å². The van der Waals surface area contributed by atoms with Crippen LogP contribution in [0.5, 0.6) is 0 Å². The second-order valence-corrected chi connectivity index (χ2v) is 8.30. The summed E-state index contributed by atoms with van der Waals surface area (Å²) >= 11 is 0. The van der Waals surface area contributed by atoms with Gasteiger partial charge in [-0.05, 0) is 56.3 Å². The van der Waals surface area contributed by atoms with Crippen molar-refractivity contribution >= 4 is 11.9 Å². The van der Waals surface area contributed by atoms with Gasteiger partial charge < -0.3 is 16.4 Å². The SMILES string of the molecule is CC(C)(CNC(=O)NC12CC3CC(CC(C3)C1)C2)C(=N)N. The molecule has 2 amide bonds. The summed E-state index contributed by atoms with van der Waals surface area (Å²) in [6, 6.07) is -0.0914. The van der Waals surface area contributed by atoms with E-state index < -0.39 is 5.41 Å². The van der Waals surface area contributed by atoms with Gasteiger partial charge in [0.05, 0.1) is 5.84 Å². The van der Waals surface area contributed by atoms with Gasteiger partial charge in [0, 0.05) is 17.5 Å². The van der Waals surface area contributed by atoms with Crippen molar-refractivity contribution in [3.8, 4) is 0 Å². The van der Waals surface area contributed by atoms with E-state index in [1.54, 1.807) is 0 Å². The molecule has 0 aromatic rings. The Morgan fingerprint density at radius 3 is 2.10 bits per heavy atom. The molecule has 0 aromatic heterocycles. The van der Waals surface area contributed by atoms with Crippen LogP contribution in [-0.4, -0.2) is 24.0 Å². The van der Waals surface area contributed by atoms with E-state index in [9.17, 15) is 4.79 Å². The third-order valence-corrected chi connectivity index (χ3v) is 5.84. The molecule has 0 spiro atoms. The number of nitrogens with one attached hydrogen (secondary N) is 3. The zero-order chi connectivity index (χ0) is 15.3. The maximum Gasteiger partial charge on any atom is 0.315 e. The van der Waals surface area contributed by atoms with Gasteiger partial charge in [-0.2, -0.15) is 0 Å². The van der Waals surface area contributed by atoms with Gasteiger partial charge in [-0.3, -0.25) is 5.41 Å². The average Bonchev–Trinajstić information content (AvgIpc) is 2.34. The molecule has 0 aliphatic heterocycles. The van der Waals surface area contributed by atoms with Crippen LogP contribution in [0, 0.1) is 28.6 Å². The summed E-state index contributed by atoms with van der Waals surface area (Å²) in [6.07, 6.45) is 7.59. The Labute approximate surface area is 126 Å². The molecule has 5 heteroatoms. The number of amides is 2. The highest BCUT2D eigenvalue weighted by molar-refractivity contribution is 5.84. The van der Waals surface area contributed by atoms with Crippen LogP contribution in [0.2, 0.25) is 0 Å². The maximum atomic E-state index is 12.3. The van der Waals surface area contributed by atoms with Crippen molar-refractivity contribution in [2.75, 3.05) is 6.54 Å². The second-order valence-electron chi connectivity index (χ2n) is 8.30. The quantitative estimate of drug-likeness (QED) is 0.472. The predicted octanol–water partition coefficient (Wildman–Crippen LogP) is 2.22. The molecule has 5 nitrogen and oxygen atoms in total. The molecular weight excluding hydrogens is 264 g/mol. The van der Waals surface area contributed by atoms with Gasteiger partial charge in [0.25, 0.3) is 0 Å². The molecule has 118 valence electrons. The van der Waals surface area contributed by atoms with Gasteiger partial charge in [0.1, 0.15) is 0 Å². The summed E-state index contributed by atoms with van der Waals surface area (Å²) in [6.45, 7) is 4.15. The van der Waals surface area contributed by atoms with Crippen molar-refractivity contribution in [2.45, 2.75) is 57.9 Å². The molecule has 4 rings (SSSR count). The van der Waals surface area contributed by atoms with Gasteiger partial charge in [-0.1, -0.05) is 13.8 Å². The molecule has 0 aromatic carbocycles. The van der Waals surface area contributed by atoms with E-state index in [4.69, 9.17) is 11.1 Å². The monoisotopic (exact) mass is 292 g/mol. The van der Waals surface area contributed by atoms with Crippen LogP contribution in [0.25, 0.3) is 0 Å². The van der Waals surface area contributed by atoms with E-state index in [0.717, 1.165) is 37.0 Å². The summed E-state index contributed by atoms with van der Waals surface area (Å²) in [7, 11) is 0. The van der Waals surface area contributed by atoms with E-state index in [1.807, 2.05) is 13.8 Å². The molecular formula is C16H28N4O. The average molecular weight is 292 g/mol. The molecule has 4 fully saturated rings. The van der Waals surface area contributed by atoms with E-state index in [2.05, 4.69) is 10.6 Å². The van der Waals surface area contributed by atoms with Crippen LogP contribution in [0.15, 0.2) is 0 Å². The predicted molar refractivity (Wildman–Crippen MR) is 83.1 cm³/mol. The first-order valence-electron chi connectivity index (χ1n) is 8.18. The van der Waals surface area contributed by atoms with Gasteiger partial charge in [-0.25, -0.2) is 4.79 Å². The van der Waals surface area contributed by atoms with Gasteiger partial charge in [0.15, 0.2) is 0 Å². The summed E-state index contributed by atoms with van der Waals surface area (Å²) < 4.78 is 0. The molecule has 4 aliphatic rings. The molecule has 21 heavy (non-hydrogen) atoms. The topological polar surface area (TPSA) is 91.0 Å². The minimum absolute atomic E-state index is 0.0409. The Kier molecular flexibility index (Phi) is 3.41. The third kappa shape index (κ3) is 2.87. The number of carbonyl (C=O) groups is 1. The van der Waals surface area contributed by atoms with E-state index in [0.29, 0.717) is 6.54 Å². The first-order chi connectivity index (χ1) is 9.78. The number of rotatable bonds is 4. The van der Waals surface area contributed by atoms with Crippen LogP contribution in [0.3, 0.4) is 0 Å². The van der Waals surface area contributed by atoms with E-state index >= 15 is 0 Å². The number of hydrogen-bond donors (Lipinski definition) is 4. The first-order valence-corrected chi connectivity index (χ1v) is 8.18. The lowest BCUT2D eigenvalue weighted by Crippen LogP contribution is -2.62. The smallest absolute Gasteiger partial charge is 0.315 e. The zero-order valence-corrected chi connectivity index (χ0v) is 13.2. The standard InChI is InChI=1S/C16H28N4O/c1-15(2,13(17)18)9-19-14(21)20-16-6-10-3-11(7-16)5-12(4-10)8-16/h10-12H,3-9H2,1-2H3,(H3,17,18)(H2,19,20,21). The molecule has 4 aliphatic carbocycles. The lowest BCUT2D eigenvalue weighted by molar-refractivity contribution is -0.0135. The Morgan fingerprint density at radius 1 is 1.19 bits per heavy atom. The Morgan fingerprint density at radius 2 is 1.67 bits per heavy atom. The van der Waals surface area contributed by atoms with Gasteiger partial charge >= 0.3 is 6.03 Å². The number of urea groups is 1. The highest BCUT2D eigenvalue weighted by atomic mass is 16.2. The lowest BCUT2D eigenvalue weighted by atomic mass is 9.53. The zero-order valence-electron chi connectivity index (χ0n) is 13.2. The lowest BCUT2D eigenvalue weighted by Gasteiger charge is -2.56. The van der Waals surface area contributed by atoms with E-state index in [-0.39, 0.29) is 17.4 Å². The number of carbonyl (C=O) groups excluding carboxylic acids is 1. The molecule has 4 saturated carbocycles. The number of nitrogens with two attached hydrogens (primary N) is 1. The van der Waals surface area contributed by atoms with Crippen LogP contribution in [0.1, 0.15) is 52.4 Å². The van der Waals surface area contributed by atoms with Gasteiger partial charge in [-0.15, -0.1) is 0 Å². The summed E-state index contributed by atoms with van der Waals surface area (Å²) in [5.41, 5.74) is 5.11. The fraction of sp³-hybridized carbons (Fsp3) is 0.875. The first kappa shape index (κ1) is 14.7. The van der Waals surface area contributed by atoms with Crippen molar-refractivity contribution in [1.29, 1.82) is 5.41 Å². The fourth-order valence-corrected chi connectivity index (χ4v) is 4.95. The van der Waals surface area contributed by atoms with Crippen molar-refractivity contribution in [1.82, 2.24) is 10.6 Å². The maximum absolute atomic E-state index is 12.3. The Hall–Kier alpha value is -1.26. The molecule has 5 N–H and O–H groups in total. The number of amidine groups is 1. The van der Waals surface area contributed by atoms with Crippen LogP contribution in [-0.2, 0) is 0 Å². The summed E-state index contributed by atoms with van der Waals surface area (Å²) in [5, 5.41) is 13.7. The molecule has 0 heterocycles. The van der Waals surface area contributed by atoms with Crippen LogP contribution < -0.4 is 16.4 Å². The van der Waals surface area contributed by atoms with Gasteiger partial charge in [0.2, 0.25) is 0 Å². The Balaban J connectivity index is 1.57. The minimum atomic E-state index is -0.487. The largest absolute Gasteiger partial charge is 0.387 e. The Bertz CT molecular complexity index is 422. The van der Waals surface area contributed by atoms with Crippen molar-refractivity contribution in [3.05, 3.63) is 0 Å². The number of hydrogen-bond acceptors (Lipinski definition) is 2. The molecule has 0 unspecified atom stereocenters. The third-order valence-electron chi connectivity index (χ3n) is 5.84. The summed E-state index contributed by atoms with van der Waals surface area (Å²) in [5.74, 6) is 2.58. The normalized spacial score (nSPS) is 37.3. The molecule has 4 bridgehead atoms. The molecule has 0 atom stereocenters. The second kappa shape index (κ2) is 4.89. The van der Waals surface area contributed by atoms with E-state index in [1.165, 1.54) is 19.3 Å². The summed E-state index contributed by atoms with van der Waals surface area (Å²) in [4.78, 5) is 12.3.